The molecule has 1 saturated heterocycles. The number of carboxylic acid groups (broad SMARTS) is 1. The zero-order valence-corrected chi connectivity index (χ0v) is 15.2. The Kier molecular flexibility index (Phi) is 5.37. The number of likely N-dealkylation sites (tertiary alicyclic amines) is 1. The highest BCUT2D eigenvalue weighted by atomic mass is 32.1. The van der Waals surface area contributed by atoms with Crippen molar-refractivity contribution in [3.05, 3.63) is 57.8 Å². The molecule has 2 amide bonds. The number of amides is 2. The van der Waals surface area contributed by atoms with Crippen LogP contribution in [0.5, 0.6) is 0 Å². The molecule has 2 heterocycles. The highest BCUT2D eigenvalue weighted by molar-refractivity contribution is 7.14. The number of benzene rings is 1. The van der Waals surface area contributed by atoms with Gasteiger partial charge in [-0.2, -0.15) is 0 Å². The van der Waals surface area contributed by atoms with Crippen LogP contribution in [0.4, 0.5) is 0 Å². The molecule has 2 atom stereocenters. The van der Waals surface area contributed by atoms with Gasteiger partial charge in [0, 0.05) is 30.8 Å². The Bertz CT molecular complexity index is 818. The molecule has 1 aromatic carbocycles. The number of hydrogen-bond acceptors (Lipinski definition) is 4. The van der Waals surface area contributed by atoms with Gasteiger partial charge < -0.3 is 15.3 Å². The second-order valence-electron chi connectivity index (χ2n) is 6.35. The van der Waals surface area contributed by atoms with E-state index in [9.17, 15) is 19.5 Å². The highest BCUT2D eigenvalue weighted by Gasteiger charge is 2.40. The van der Waals surface area contributed by atoms with Crippen LogP contribution in [0.15, 0.2) is 42.5 Å². The molecule has 0 saturated carbocycles. The molecule has 1 fully saturated rings. The van der Waals surface area contributed by atoms with Crippen molar-refractivity contribution in [2.24, 2.45) is 5.92 Å². The van der Waals surface area contributed by atoms with E-state index >= 15 is 0 Å². The largest absolute Gasteiger partial charge is 0.481 e. The lowest BCUT2D eigenvalue weighted by atomic mass is 9.89. The fourth-order valence-electron chi connectivity index (χ4n) is 3.21. The summed E-state index contributed by atoms with van der Waals surface area (Å²) >= 11 is 1.32. The van der Waals surface area contributed by atoms with E-state index in [4.69, 9.17) is 0 Å². The van der Waals surface area contributed by atoms with Crippen molar-refractivity contribution in [1.29, 1.82) is 0 Å². The molecule has 0 unspecified atom stereocenters. The lowest BCUT2D eigenvalue weighted by molar-refractivity contribution is -0.141. The number of aliphatic carboxylic acids is 1. The summed E-state index contributed by atoms with van der Waals surface area (Å²) in [7, 11) is 0. The second-order valence-corrected chi connectivity index (χ2v) is 7.52. The summed E-state index contributed by atoms with van der Waals surface area (Å²) in [6.45, 7) is 2.42. The Morgan fingerprint density at radius 1 is 1.15 bits per heavy atom. The Morgan fingerprint density at radius 3 is 2.54 bits per heavy atom. The van der Waals surface area contributed by atoms with Gasteiger partial charge in [-0.3, -0.25) is 14.4 Å². The SMILES string of the molecule is CC(=O)NCc1ccc(C(=O)N2C[C@@H](C(=O)O)[C@H](c3ccccc3)C2)s1. The van der Waals surface area contributed by atoms with Crippen molar-refractivity contribution < 1.29 is 19.5 Å². The van der Waals surface area contributed by atoms with Crippen LogP contribution in [0.25, 0.3) is 0 Å². The van der Waals surface area contributed by atoms with Crippen molar-refractivity contribution in [1.82, 2.24) is 10.2 Å². The third-order valence-electron chi connectivity index (χ3n) is 4.54. The number of rotatable bonds is 5. The van der Waals surface area contributed by atoms with Gasteiger partial charge in [-0.25, -0.2) is 0 Å². The summed E-state index contributed by atoms with van der Waals surface area (Å²) in [6, 6.07) is 13.0. The van der Waals surface area contributed by atoms with E-state index in [0.717, 1.165) is 10.4 Å². The maximum atomic E-state index is 12.8. The van der Waals surface area contributed by atoms with Crippen LogP contribution in [-0.4, -0.2) is 40.9 Å². The lowest BCUT2D eigenvalue weighted by Crippen LogP contribution is -2.29. The molecular formula is C19H20N2O4S. The molecule has 0 radical (unpaired) electrons. The molecular weight excluding hydrogens is 352 g/mol. The fraction of sp³-hybridized carbons (Fsp3) is 0.316. The van der Waals surface area contributed by atoms with Crippen LogP contribution < -0.4 is 5.32 Å². The minimum Gasteiger partial charge on any atom is -0.481 e. The molecule has 0 aliphatic carbocycles. The standard InChI is InChI=1S/C19H20N2O4S/c1-12(22)20-9-14-7-8-17(26-14)18(23)21-10-15(16(11-21)19(24)25)13-5-3-2-4-6-13/h2-8,15-16H,9-11H2,1H3,(H,20,22)(H,24,25)/t15-,16+/m0/s1. The van der Waals surface area contributed by atoms with Gasteiger partial charge in [-0.05, 0) is 17.7 Å². The van der Waals surface area contributed by atoms with Crippen LogP contribution >= 0.6 is 11.3 Å². The molecule has 1 aliphatic rings. The second kappa shape index (κ2) is 7.70. The Morgan fingerprint density at radius 2 is 1.88 bits per heavy atom. The molecule has 0 bridgehead atoms. The predicted octanol–water partition coefficient (Wildman–Crippen LogP) is 2.32. The van der Waals surface area contributed by atoms with Crippen molar-refractivity contribution in [3.8, 4) is 0 Å². The summed E-state index contributed by atoms with van der Waals surface area (Å²) < 4.78 is 0. The minimum absolute atomic E-state index is 0.124. The van der Waals surface area contributed by atoms with E-state index < -0.39 is 11.9 Å². The van der Waals surface area contributed by atoms with Crippen LogP contribution in [0.3, 0.4) is 0 Å². The Hall–Kier alpha value is -2.67. The van der Waals surface area contributed by atoms with Gasteiger partial charge in [0.2, 0.25) is 5.91 Å². The normalized spacial score (nSPS) is 19.3. The highest BCUT2D eigenvalue weighted by Crippen LogP contribution is 2.34. The van der Waals surface area contributed by atoms with Gasteiger partial charge in [0.15, 0.2) is 0 Å². The smallest absolute Gasteiger partial charge is 0.308 e. The third-order valence-corrected chi connectivity index (χ3v) is 5.61. The van der Waals surface area contributed by atoms with Gasteiger partial charge in [0.25, 0.3) is 5.91 Å². The molecule has 6 nitrogen and oxygen atoms in total. The number of hydrogen-bond donors (Lipinski definition) is 2. The molecule has 7 heteroatoms. The summed E-state index contributed by atoms with van der Waals surface area (Å²) in [5.74, 6) is -1.99. The number of carbonyl (C=O) groups is 3. The molecule has 1 aromatic heterocycles. The molecule has 1 aliphatic heterocycles. The average molecular weight is 372 g/mol. The number of nitrogens with one attached hydrogen (secondary N) is 1. The van der Waals surface area contributed by atoms with Crippen LogP contribution in [-0.2, 0) is 16.1 Å². The number of thiophene rings is 1. The van der Waals surface area contributed by atoms with Crippen molar-refractivity contribution in [3.63, 3.8) is 0 Å². The molecule has 136 valence electrons. The van der Waals surface area contributed by atoms with E-state index in [0.29, 0.717) is 18.0 Å². The summed E-state index contributed by atoms with van der Waals surface area (Å²) in [6.07, 6.45) is 0. The molecule has 0 spiro atoms. The van der Waals surface area contributed by atoms with Crippen LogP contribution in [0, 0.1) is 5.92 Å². The first kappa shape index (κ1) is 18.1. The van der Waals surface area contributed by atoms with Crippen LogP contribution in [0.1, 0.15) is 33.0 Å². The maximum absolute atomic E-state index is 12.8. The topological polar surface area (TPSA) is 86.7 Å². The zero-order chi connectivity index (χ0) is 18.7. The Labute approximate surface area is 155 Å². The first-order chi connectivity index (χ1) is 12.5. The van der Waals surface area contributed by atoms with Crippen molar-refractivity contribution in [2.45, 2.75) is 19.4 Å². The number of nitrogens with zero attached hydrogens (tertiary/aromatic N) is 1. The van der Waals surface area contributed by atoms with Crippen molar-refractivity contribution >= 4 is 29.1 Å². The van der Waals surface area contributed by atoms with E-state index in [1.54, 1.807) is 11.0 Å². The zero-order valence-electron chi connectivity index (χ0n) is 14.3. The first-order valence-corrected chi connectivity index (χ1v) is 9.17. The van der Waals surface area contributed by atoms with E-state index in [2.05, 4.69) is 5.32 Å². The maximum Gasteiger partial charge on any atom is 0.308 e. The van der Waals surface area contributed by atoms with E-state index in [1.807, 2.05) is 36.4 Å². The predicted molar refractivity (Wildman–Crippen MR) is 98.1 cm³/mol. The van der Waals surface area contributed by atoms with E-state index in [-0.39, 0.29) is 24.3 Å². The average Bonchev–Trinajstić information content (AvgIpc) is 3.27. The van der Waals surface area contributed by atoms with Gasteiger partial charge >= 0.3 is 5.97 Å². The van der Waals surface area contributed by atoms with E-state index in [1.165, 1.54) is 18.3 Å². The van der Waals surface area contributed by atoms with Crippen molar-refractivity contribution in [2.75, 3.05) is 13.1 Å². The molecule has 2 N–H and O–H groups in total. The number of carbonyl (C=O) groups excluding carboxylic acids is 2. The third kappa shape index (κ3) is 3.94. The fourth-order valence-corrected chi connectivity index (χ4v) is 4.13. The van der Waals surface area contributed by atoms with Gasteiger partial charge in [0.05, 0.1) is 17.3 Å². The molecule has 3 rings (SSSR count). The number of carboxylic acids is 1. The lowest BCUT2D eigenvalue weighted by Gasteiger charge is -2.15. The summed E-state index contributed by atoms with van der Waals surface area (Å²) in [5.41, 5.74) is 0.938. The molecule has 2 aromatic rings. The first-order valence-electron chi connectivity index (χ1n) is 8.36. The van der Waals surface area contributed by atoms with Gasteiger partial charge in [-0.1, -0.05) is 30.3 Å². The summed E-state index contributed by atoms with van der Waals surface area (Å²) in [4.78, 5) is 38.5. The van der Waals surface area contributed by atoms with Gasteiger partial charge in [-0.15, -0.1) is 11.3 Å². The van der Waals surface area contributed by atoms with Gasteiger partial charge in [0.1, 0.15) is 0 Å². The quantitative estimate of drug-likeness (QED) is 0.843. The monoisotopic (exact) mass is 372 g/mol. The Balaban J connectivity index is 1.74. The molecule has 26 heavy (non-hydrogen) atoms. The van der Waals surface area contributed by atoms with Crippen LogP contribution in [0.2, 0.25) is 0 Å². The summed E-state index contributed by atoms with van der Waals surface area (Å²) in [5, 5.41) is 12.3. The minimum atomic E-state index is -0.883.